The lowest BCUT2D eigenvalue weighted by atomic mass is 9.92. The van der Waals surface area contributed by atoms with E-state index >= 15 is 0 Å². The molecule has 1 saturated heterocycles. The number of aromatic nitrogens is 3. The first-order chi connectivity index (χ1) is 10.2. The molecular weight excluding hydrogens is 264 g/mol. The third-order valence-corrected chi connectivity index (χ3v) is 4.93. The standard InChI is InChI=1S/C15H26N6/c1-3-20(4-2)14-17-13(16)18-15(19-14)21-10-6-8-11-7-5-9-12(11)21/h11-12H,3-10H2,1-2H3,(H2,16,17,18,19). The van der Waals surface area contributed by atoms with Gasteiger partial charge >= 0.3 is 0 Å². The summed E-state index contributed by atoms with van der Waals surface area (Å²) in [6.07, 6.45) is 6.52. The molecule has 1 aliphatic heterocycles. The Morgan fingerprint density at radius 3 is 2.62 bits per heavy atom. The van der Waals surface area contributed by atoms with Gasteiger partial charge < -0.3 is 15.5 Å². The lowest BCUT2D eigenvalue weighted by Crippen LogP contribution is -2.44. The number of rotatable bonds is 4. The molecule has 0 aromatic carbocycles. The first-order valence-electron chi connectivity index (χ1n) is 8.26. The summed E-state index contributed by atoms with van der Waals surface area (Å²) in [5, 5.41) is 0. The maximum Gasteiger partial charge on any atom is 0.232 e. The van der Waals surface area contributed by atoms with Gasteiger partial charge in [0, 0.05) is 25.7 Å². The average Bonchev–Trinajstić information content (AvgIpc) is 2.96. The van der Waals surface area contributed by atoms with E-state index in [9.17, 15) is 0 Å². The van der Waals surface area contributed by atoms with Crippen molar-refractivity contribution in [3.63, 3.8) is 0 Å². The number of hydrogen-bond donors (Lipinski definition) is 1. The summed E-state index contributed by atoms with van der Waals surface area (Å²) in [4.78, 5) is 17.9. The van der Waals surface area contributed by atoms with Crippen molar-refractivity contribution in [2.75, 3.05) is 35.2 Å². The first-order valence-corrected chi connectivity index (χ1v) is 8.26. The molecule has 0 radical (unpaired) electrons. The molecule has 1 aromatic rings. The van der Waals surface area contributed by atoms with E-state index in [1.54, 1.807) is 0 Å². The average molecular weight is 290 g/mol. The van der Waals surface area contributed by atoms with Crippen LogP contribution in [0.15, 0.2) is 0 Å². The summed E-state index contributed by atoms with van der Waals surface area (Å²) < 4.78 is 0. The molecule has 1 aliphatic carbocycles. The van der Waals surface area contributed by atoms with Crippen molar-refractivity contribution in [2.45, 2.75) is 52.0 Å². The highest BCUT2D eigenvalue weighted by Crippen LogP contribution is 2.38. The number of anilines is 3. The van der Waals surface area contributed by atoms with Crippen LogP contribution in [0.5, 0.6) is 0 Å². The molecule has 2 aliphatic rings. The van der Waals surface area contributed by atoms with E-state index < -0.39 is 0 Å². The molecule has 0 bridgehead atoms. The molecule has 1 aromatic heterocycles. The monoisotopic (exact) mass is 290 g/mol. The number of nitrogen functional groups attached to an aromatic ring is 1. The van der Waals surface area contributed by atoms with Crippen molar-refractivity contribution in [1.82, 2.24) is 15.0 Å². The van der Waals surface area contributed by atoms with E-state index in [4.69, 9.17) is 10.7 Å². The van der Waals surface area contributed by atoms with Gasteiger partial charge in [-0.15, -0.1) is 0 Å². The van der Waals surface area contributed by atoms with Gasteiger partial charge in [0.2, 0.25) is 17.8 Å². The van der Waals surface area contributed by atoms with Crippen LogP contribution >= 0.6 is 0 Å². The smallest absolute Gasteiger partial charge is 0.232 e. The molecule has 2 atom stereocenters. The van der Waals surface area contributed by atoms with Gasteiger partial charge in [0.25, 0.3) is 0 Å². The Bertz CT molecular complexity index is 487. The van der Waals surface area contributed by atoms with Crippen LogP contribution in [0.2, 0.25) is 0 Å². The Kier molecular flexibility index (Phi) is 4.12. The van der Waals surface area contributed by atoms with Crippen LogP contribution in [-0.2, 0) is 0 Å². The second-order valence-corrected chi connectivity index (χ2v) is 6.06. The highest BCUT2D eigenvalue weighted by atomic mass is 15.4. The largest absolute Gasteiger partial charge is 0.368 e. The molecule has 2 fully saturated rings. The van der Waals surface area contributed by atoms with Crippen molar-refractivity contribution in [2.24, 2.45) is 5.92 Å². The molecule has 0 amide bonds. The molecule has 6 nitrogen and oxygen atoms in total. The Morgan fingerprint density at radius 2 is 1.86 bits per heavy atom. The van der Waals surface area contributed by atoms with Crippen molar-refractivity contribution < 1.29 is 0 Å². The van der Waals surface area contributed by atoms with E-state index in [0.717, 1.165) is 31.5 Å². The minimum atomic E-state index is 0.335. The molecule has 6 heteroatoms. The third kappa shape index (κ3) is 2.76. The van der Waals surface area contributed by atoms with E-state index in [1.165, 1.54) is 32.1 Å². The Hall–Kier alpha value is -1.59. The first kappa shape index (κ1) is 14.4. The van der Waals surface area contributed by atoms with E-state index in [-0.39, 0.29) is 0 Å². The van der Waals surface area contributed by atoms with Gasteiger partial charge in [-0.2, -0.15) is 15.0 Å². The van der Waals surface area contributed by atoms with Crippen molar-refractivity contribution in [1.29, 1.82) is 0 Å². The van der Waals surface area contributed by atoms with Crippen LogP contribution in [0, 0.1) is 5.92 Å². The SMILES string of the molecule is CCN(CC)c1nc(N)nc(N2CCCC3CCCC32)n1. The fraction of sp³-hybridized carbons (Fsp3) is 0.800. The predicted octanol–water partition coefficient (Wildman–Crippen LogP) is 2.07. The van der Waals surface area contributed by atoms with E-state index in [0.29, 0.717) is 17.9 Å². The lowest BCUT2D eigenvalue weighted by molar-refractivity contribution is 0.358. The van der Waals surface area contributed by atoms with Gasteiger partial charge in [-0.1, -0.05) is 6.42 Å². The Balaban J connectivity index is 1.90. The predicted molar refractivity (Wildman–Crippen MR) is 85.5 cm³/mol. The zero-order valence-electron chi connectivity index (χ0n) is 13.1. The number of hydrogen-bond acceptors (Lipinski definition) is 6. The summed E-state index contributed by atoms with van der Waals surface area (Å²) in [6, 6.07) is 0.602. The third-order valence-electron chi connectivity index (χ3n) is 4.93. The summed E-state index contributed by atoms with van der Waals surface area (Å²) >= 11 is 0. The molecule has 3 rings (SSSR count). The normalized spacial score (nSPS) is 25.0. The van der Waals surface area contributed by atoms with Gasteiger partial charge in [-0.3, -0.25) is 0 Å². The van der Waals surface area contributed by atoms with Gasteiger partial charge in [0.05, 0.1) is 0 Å². The summed E-state index contributed by atoms with van der Waals surface area (Å²) in [5.74, 6) is 2.64. The van der Waals surface area contributed by atoms with Crippen molar-refractivity contribution >= 4 is 17.8 Å². The fourth-order valence-electron chi connectivity index (χ4n) is 3.85. The Labute approximate surface area is 126 Å². The van der Waals surface area contributed by atoms with Crippen molar-refractivity contribution in [3.8, 4) is 0 Å². The molecule has 116 valence electrons. The number of fused-ring (bicyclic) bond motifs is 1. The van der Waals surface area contributed by atoms with Gasteiger partial charge in [-0.05, 0) is 45.4 Å². The Morgan fingerprint density at radius 1 is 1.10 bits per heavy atom. The minimum absolute atomic E-state index is 0.335. The molecular formula is C15H26N6. The summed E-state index contributed by atoms with van der Waals surface area (Å²) in [5.41, 5.74) is 5.93. The van der Waals surface area contributed by atoms with Gasteiger partial charge in [0.1, 0.15) is 0 Å². The lowest BCUT2D eigenvalue weighted by Gasteiger charge is -2.38. The minimum Gasteiger partial charge on any atom is -0.368 e. The zero-order valence-corrected chi connectivity index (χ0v) is 13.1. The maximum atomic E-state index is 5.93. The molecule has 0 spiro atoms. The highest BCUT2D eigenvalue weighted by molar-refractivity contribution is 5.44. The van der Waals surface area contributed by atoms with Crippen LogP contribution < -0.4 is 15.5 Å². The molecule has 2 unspecified atom stereocenters. The van der Waals surface area contributed by atoms with Gasteiger partial charge in [-0.25, -0.2) is 0 Å². The fourth-order valence-corrected chi connectivity index (χ4v) is 3.85. The van der Waals surface area contributed by atoms with Crippen LogP contribution in [0.4, 0.5) is 17.8 Å². The number of nitrogens with two attached hydrogens (primary N) is 1. The second-order valence-electron chi connectivity index (χ2n) is 6.06. The molecule has 21 heavy (non-hydrogen) atoms. The number of nitrogens with zero attached hydrogens (tertiary/aromatic N) is 5. The molecule has 2 heterocycles. The molecule has 1 saturated carbocycles. The van der Waals surface area contributed by atoms with Crippen molar-refractivity contribution in [3.05, 3.63) is 0 Å². The van der Waals surface area contributed by atoms with E-state index in [2.05, 4.69) is 33.6 Å². The summed E-state index contributed by atoms with van der Waals surface area (Å²) in [7, 11) is 0. The van der Waals surface area contributed by atoms with Crippen LogP contribution in [0.3, 0.4) is 0 Å². The number of piperidine rings is 1. The molecule has 2 N–H and O–H groups in total. The summed E-state index contributed by atoms with van der Waals surface area (Å²) in [6.45, 7) is 7.02. The van der Waals surface area contributed by atoms with Crippen LogP contribution in [0.1, 0.15) is 46.0 Å². The highest BCUT2D eigenvalue weighted by Gasteiger charge is 2.36. The second kappa shape index (κ2) is 6.03. The van der Waals surface area contributed by atoms with Crippen LogP contribution in [-0.4, -0.2) is 40.6 Å². The maximum absolute atomic E-state index is 5.93. The van der Waals surface area contributed by atoms with Crippen LogP contribution in [0.25, 0.3) is 0 Å². The topological polar surface area (TPSA) is 71.2 Å². The van der Waals surface area contributed by atoms with E-state index in [1.807, 2.05) is 0 Å². The quantitative estimate of drug-likeness (QED) is 0.915. The zero-order chi connectivity index (χ0) is 14.8. The van der Waals surface area contributed by atoms with Gasteiger partial charge in [0.15, 0.2) is 0 Å².